The number of halogens is 1. The molecule has 1 aromatic carbocycles. The summed E-state index contributed by atoms with van der Waals surface area (Å²) < 4.78 is 0. The summed E-state index contributed by atoms with van der Waals surface area (Å²) >= 11 is 6.99. The average molecular weight is 305 g/mol. The van der Waals surface area contributed by atoms with E-state index in [9.17, 15) is 0 Å². The fraction of sp³-hybridized carbons (Fsp3) is 0.700. The minimum atomic E-state index is 0.221. The Morgan fingerprint density at radius 1 is 0.952 bits per heavy atom. The van der Waals surface area contributed by atoms with Crippen molar-refractivity contribution in [1.29, 1.82) is 0 Å². The second kappa shape index (κ2) is 5.95. The van der Waals surface area contributed by atoms with Gasteiger partial charge in [-0.1, -0.05) is 52.3 Å². The van der Waals surface area contributed by atoms with Crippen LogP contribution in [0.4, 0.5) is 0 Å². The van der Waals surface area contributed by atoms with Gasteiger partial charge in [0.1, 0.15) is 0 Å². The van der Waals surface area contributed by atoms with E-state index in [1.54, 1.807) is 0 Å². The fourth-order valence-electron chi connectivity index (χ4n) is 4.59. The molecule has 0 radical (unpaired) electrons. The van der Waals surface area contributed by atoms with Crippen molar-refractivity contribution in [2.75, 3.05) is 0 Å². The molecular weight excluding hydrogens is 276 g/mol. The first kappa shape index (κ1) is 15.4. The second-order valence-corrected chi connectivity index (χ2v) is 8.41. The average Bonchev–Trinajstić information content (AvgIpc) is 3.08. The van der Waals surface area contributed by atoms with Crippen LogP contribution in [0.15, 0.2) is 18.2 Å². The summed E-state index contributed by atoms with van der Waals surface area (Å²) in [6.07, 6.45) is 5.67. The SMILES string of the molecule is CC(C)c1ccc(C(Cl)C2CC3CCC2C3)c(C(C)C)c1. The van der Waals surface area contributed by atoms with Gasteiger partial charge < -0.3 is 0 Å². The first-order valence-corrected chi connectivity index (χ1v) is 9.18. The maximum Gasteiger partial charge on any atom is 0.0618 e. The van der Waals surface area contributed by atoms with Gasteiger partial charge in [0.15, 0.2) is 0 Å². The van der Waals surface area contributed by atoms with E-state index in [4.69, 9.17) is 11.6 Å². The van der Waals surface area contributed by atoms with Crippen LogP contribution in [0.5, 0.6) is 0 Å². The highest BCUT2D eigenvalue weighted by molar-refractivity contribution is 6.21. The molecule has 4 unspecified atom stereocenters. The van der Waals surface area contributed by atoms with Gasteiger partial charge in [-0.05, 0) is 65.5 Å². The van der Waals surface area contributed by atoms with Crippen LogP contribution >= 0.6 is 11.6 Å². The van der Waals surface area contributed by atoms with Crippen LogP contribution in [0, 0.1) is 17.8 Å². The van der Waals surface area contributed by atoms with Gasteiger partial charge in [0.2, 0.25) is 0 Å². The Balaban J connectivity index is 1.90. The molecule has 2 saturated carbocycles. The molecule has 0 saturated heterocycles. The van der Waals surface area contributed by atoms with Crippen LogP contribution in [0.2, 0.25) is 0 Å². The highest BCUT2D eigenvalue weighted by Crippen LogP contribution is 2.55. The summed E-state index contributed by atoms with van der Waals surface area (Å²) in [6, 6.07) is 7.04. The molecule has 3 rings (SSSR count). The predicted octanol–water partition coefficient (Wildman–Crippen LogP) is 6.65. The van der Waals surface area contributed by atoms with E-state index >= 15 is 0 Å². The normalized spacial score (nSPS) is 29.6. The first-order valence-electron chi connectivity index (χ1n) is 8.75. The number of rotatable bonds is 4. The monoisotopic (exact) mass is 304 g/mol. The molecule has 2 aliphatic carbocycles. The Morgan fingerprint density at radius 2 is 1.71 bits per heavy atom. The molecule has 21 heavy (non-hydrogen) atoms. The van der Waals surface area contributed by atoms with Gasteiger partial charge in [0.25, 0.3) is 0 Å². The van der Waals surface area contributed by atoms with Gasteiger partial charge in [-0.25, -0.2) is 0 Å². The van der Waals surface area contributed by atoms with E-state index in [0.29, 0.717) is 17.8 Å². The smallest absolute Gasteiger partial charge is 0.0618 e. The van der Waals surface area contributed by atoms with E-state index in [1.807, 2.05) is 0 Å². The van der Waals surface area contributed by atoms with Gasteiger partial charge in [-0.15, -0.1) is 11.6 Å². The number of alkyl halides is 1. The van der Waals surface area contributed by atoms with Crippen LogP contribution in [0.25, 0.3) is 0 Å². The van der Waals surface area contributed by atoms with E-state index in [0.717, 1.165) is 11.8 Å². The highest BCUT2D eigenvalue weighted by atomic mass is 35.5. The van der Waals surface area contributed by atoms with Crippen LogP contribution < -0.4 is 0 Å². The second-order valence-electron chi connectivity index (χ2n) is 7.94. The van der Waals surface area contributed by atoms with E-state index < -0.39 is 0 Å². The molecule has 0 spiro atoms. The predicted molar refractivity (Wildman–Crippen MR) is 92.2 cm³/mol. The summed E-state index contributed by atoms with van der Waals surface area (Å²) in [4.78, 5) is 0. The molecule has 0 nitrogen and oxygen atoms in total. The number of hydrogen-bond donors (Lipinski definition) is 0. The van der Waals surface area contributed by atoms with Gasteiger partial charge in [0.05, 0.1) is 5.38 Å². The molecule has 2 bridgehead atoms. The molecular formula is C20H29Cl. The Hall–Kier alpha value is -0.490. The van der Waals surface area contributed by atoms with Gasteiger partial charge in [-0.3, -0.25) is 0 Å². The zero-order chi connectivity index (χ0) is 15.1. The van der Waals surface area contributed by atoms with Crippen LogP contribution in [-0.2, 0) is 0 Å². The summed E-state index contributed by atoms with van der Waals surface area (Å²) in [6.45, 7) is 9.14. The van der Waals surface area contributed by atoms with Crippen molar-refractivity contribution in [3.63, 3.8) is 0 Å². The standard InChI is InChI=1S/C20H29Cl/c1-12(2)15-7-8-17(18(11-15)13(3)4)20(21)19-10-14-5-6-16(19)9-14/h7-8,11-14,16,19-20H,5-6,9-10H2,1-4H3. The van der Waals surface area contributed by atoms with Crippen molar-refractivity contribution in [3.8, 4) is 0 Å². The Bertz CT molecular complexity index is 503. The lowest BCUT2D eigenvalue weighted by atomic mass is 9.80. The van der Waals surface area contributed by atoms with Crippen LogP contribution in [-0.4, -0.2) is 0 Å². The minimum Gasteiger partial charge on any atom is -0.117 e. The Labute approximate surface area is 135 Å². The van der Waals surface area contributed by atoms with Crippen molar-refractivity contribution in [2.24, 2.45) is 17.8 Å². The van der Waals surface area contributed by atoms with Crippen LogP contribution in [0.3, 0.4) is 0 Å². The Morgan fingerprint density at radius 3 is 2.24 bits per heavy atom. The van der Waals surface area contributed by atoms with Gasteiger partial charge in [0, 0.05) is 0 Å². The third kappa shape index (κ3) is 2.89. The largest absolute Gasteiger partial charge is 0.117 e. The quantitative estimate of drug-likeness (QED) is 0.546. The third-order valence-electron chi connectivity index (χ3n) is 5.87. The molecule has 116 valence electrons. The molecule has 0 aromatic heterocycles. The number of benzene rings is 1. The maximum absolute atomic E-state index is 6.99. The first-order chi connectivity index (χ1) is 9.97. The lowest BCUT2D eigenvalue weighted by Crippen LogP contribution is -2.17. The molecule has 1 heteroatoms. The lowest BCUT2D eigenvalue weighted by molar-refractivity contribution is 0.322. The van der Waals surface area contributed by atoms with Gasteiger partial charge >= 0.3 is 0 Å². The molecule has 4 atom stereocenters. The molecule has 2 fully saturated rings. The van der Waals surface area contributed by atoms with Crippen molar-refractivity contribution in [1.82, 2.24) is 0 Å². The van der Waals surface area contributed by atoms with Gasteiger partial charge in [-0.2, -0.15) is 0 Å². The van der Waals surface area contributed by atoms with Crippen molar-refractivity contribution in [2.45, 2.75) is 70.6 Å². The minimum absolute atomic E-state index is 0.221. The van der Waals surface area contributed by atoms with Crippen molar-refractivity contribution < 1.29 is 0 Å². The van der Waals surface area contributed by atoms with Crippen molar-refractivity contribution in [3.05, 3.63) is 34.9 Å². The van der Waals surface area contributed by atoms with E-state index in [-0.39, 0.29) is 5.38 Å². The topological polar surface area (TPSA) is 0 Å². The van der Waals surface area contributed by atoms with E-state index in [2.05, 4.69) is 45.9 Å². The maximum atomic E-state index is 6.99. The van der Waals surface area contributed by atoms with E-state index in [1.165, 1.54) is 42.4 Å². The molecule has 2 aliphatic rings. The third-order valence-corrected chi connectivity index (χ3v) is 6.42. The summed E-state index contributed by atoms with van der Waals surface area (Å²) in [5.74, 6) is 3.72. The number of fused-ring (bicyclic) bond motifs is 2. The summed E-state index contributed by atoms with van der Waals surface area (Å²) in [5, 5.41) is 0.221. The zero-order valence-corrected chi connectivity index (χ0v) is 14.7. The fourth-order valence-corrected chi connectivity index (χ4v) is 5.09. The van der Waals surface area contributed by atoms with Crippen LogP contribution in [0.1, 0.15) is 87.3 Å². The molecule has 0 N–H and O–H groups in total. The molecule has 0 aliphatic heterocycles. The van der Waals surface area contributed by atoms with Crippen molar-refractivity contribution >= 4 is 11.6 Å². The molecule has 0 heterocycles. The summed E-state index contributed by atoms with van der Waals surface area (Å²) in [7, 11) is 0. The lowest BCUT2D eigenvalue weighted by Gasteiger charge is -2.29. The number of hydrogen-bond acceptors (Lipinski definition) is 0. The molecule has 1 aromatic rings. The summed E-state index contributed by atoms with van der Waals surface area (Å²) in [5.41, 5.74) is 4.33. The zero-order valence-electron chi connectivity index (χ0n) is 13.9. The Kier molecular flexibility index (Phi) is 4.37. The molecule has 0 amide bonds. The highest BCUT2D eigenvalue weighted by Gasteiger charge is 2.43.